The number of benzene rings is 1. The SMILES string of the molecule is Cc1ccc(S(=O)(=O)N2Cc3cccc4c3C(C2)N(C)CC4)s1. The zero-order valence-corrected chi connectivity index (χ0v) is 15.0. The van der Waals surface area contributed by atoms with Gasteiger partial charge in [0.15, 0.2) is 0 Å². The first kappa shape index (κ1) is 15.3. The van der Waals surface area contributed by atoms with E-state index in [0.29, 0.717) is 17.3 Å². The highest BCUT2D eigenvalue weighted by Crippen LogP contribution is 2.38. The van der Waals surface area contributed by atoms with Crippen LogP contribution in [0.2, 0.25) is 0 Å². The average molecular weight is 348 g/mol. The third kappa shape index (κ3) is 2.45. The molecular weight excluding hydrogens is 328 g/mol. The Hall–Kier alpha value is -1.21. The Morgan fingerprint density at radius 2 is 1.96 bits per heavy atom. The Kier molecular flexibility index (Phi) is 3.61. The molecular formula is C17H20N2O2S2. The second-order valence-corrected chi connectivity index (χ2v) is 9.85. The van der Waals surface area contributed by atoms with E-state index < -0.39 is 10.0 Å². The van der Waals surface area contributed by atoms with Crippen molar-refractivity contribution < 1.29 is 8.42 Å². The molecule has 23 heavy (non-hydrogen) atoms. The normalized spacial score (nSPS) is 22.1. The topological polar surface area (TPSA) is 40.6 Å². The van der Waals surface area contributed by atoms with Gasteiger partial charge in [-0.05, 0) is 49.2 Å². The van der Waals surface area contributed by atoms with Crippen LogP contribution in [-0.2, 0) is 23.0 Å². The van der Waals surface area contributed by atoms with Crippen molar-refractivity contribution in [1.29, 1.82) is 0 Å². The molecule has 1 aromatic carbocycles. The molecule has 0 amide bonds. The van der Waals surface area contributed by atoms with E-state index in [0.717, 1.165) is 23.4 Å². The van der Waals surface area contributed by atoms with E-state index in [1.807, 2.05) is 13.0 Å². The van der Waals surface area contributed by atoms with Crippen molar-refractivity contribution in [2.45, 2.75) is 30.1 Å². The number of hydrogen-bond acceptors (Lipinski definition) is 4. The van der Waals surface area contributed by atoms with E-state index in [-0.39, 0.29) is 6.04 Å². The Morgan fingerprint density at radius 1 is 1.17 bits per heavy atom. The minimum atomic E-state index is -3.41. The highest BCUT2D eigenvalue weighted by atomic mass is 32.2. The summed E-state index contributed by atoms with van der Waals surface area (Å²) in [6.07, 6.45) is 1.05. The Morgan fingerprint density at radius 3 is 2.70 bits per heavy atom. The Balaban J connectivity index is 1.77. The predicted molar refractivity (Wildman–Crippen MR) is 92.2 cm³/mol. The summed E-state index contributed by atoms with van der Waals surface area (Å²) in [7, 11) is -1.32. The molecule has 0 saturated heterocycles. The standard InChI is InChI=1S/C17H20N2O2S2/c1-12-6-7-16(22-12)23(20,21)19-10-14-5-3-4-13-8-9-18(2)15(11-19)17(13)14/h3-7,15H,8-11H2,1-2H3. The summed E-state index contributed by atoms with van der Waals surface area (Å²) in [4.78, 5) is 3.31. The maximum absolute atomic E-state index is 13.0. The summed E-state index contributed by atoms with van der Waals surface area (Å²) < 4.78 is 28.1. The van der Waals surface area contributed by atoms with Crippen LogP contribution in [0.4, 0.5) is 0 Å². The molecule has 6 heteroatoms. The summed E-state index contributed by atoms with van der Waals surface area (Å²) in [5, 5.41) is 0. The molecule has 4 nitrogen and oxygen atoms in total. The lowest BCUT2D eigenvalue weighted by Gasteiger charge is -2.42. The van der Waals surface area contributed by atoms with Crippen LogP contribution >= 0.6 is 11.3 Å². The van der Waals surface area contributed by atoms with Crippen LogP contribution in [-0.4, -0.2) is 37.8 Å². The summed E-state index contributed by atoms with van der Waals surface area (Å²) in [5.74, 6) is 0. The van der Waals surface area contributed by atoms with Crippen LogP contribution in [0, 0.1) is 6.92 Å². The molecule has 2 aromatic rings. The molecule has 0 spiro atoms. The van der Waals surface area contributed by atoms with E-state index in [4.69, 9.17) is 0 Å². The van der Waals surface area contributed by atoms with Crippen molar-refractivity contribution >= 4 is 21.4 Å². The van der Waals surface area contributed by atoms with Crippen molar-refractivity contribution in [3.05, 3.63) is 51.9 Å². The maximum Gasteiger partial charge on any atom is 0.252 e. The smallest absolute Gasteiger partial charge is 0.252 e. The second-order valence-electron chi connectivity index (χ2n) is 6.40. The van der Waals surface area contributed by atoms with Crippen molar-refractivity contribution in [3.63, 3.8) is 0 Å². The van der Waals surface area contributed by atoms with Gasteiger partial charge in [0, 0.05) is 30.6 Å². The minimum Gasteiger partial charge on any atom is -0.298 e. The van der Waals surface area contributed by atoms with Gasteiger partial charge in [0.05, 0.1) is 0 Å². The lowest BCUT2D eigenvalue weighted by molar-refractivity contribution is 0.178. The summed E-state index contributed by atoms with van der Waals surface area (Å²) >= 11 is 1.35. The number of aryl methyl sites for hydroxylation is 1. The van der Waals surface area contributed by atoms with Gasteiger partial charge in [-0.15, -0.1) is 11.3 Å². The van der Waals surface area contributed by atoms with Crippen LogP contribution < -0.4 is 0 Å². The van der Waals surface area contributed by atoms with Gasteiger partial charge in [-0.1, -0.05) is 18.2 Å². The molecule has 4 rings (SSSR count). The first-order valence-corrected chi connectivity index (χ1v) is 10.1. The van der Waals surface area contributed by atoms with E-state index in [9.17, 15) is 8.42 Å². The monoisotopic (exact) mass is 348 g/mol. The van der Waals surface area contributed by atoms with E-state index in [1.54, 1.807) is 10.4 Å². The number of nitrogens with zero attached hydrogens (tertiary/aromatic N) is 2. The summed E-state index contributed by atoms with van der Waals surface area (Å²) in [6, 6.07) is 10.1. The number of sulfonamides is 1. The van der Waals surface area contributed by atoms with Gasteiger partial charge >= 0.3 is 0 Å². The average Bonchev–Trinajstić information content (AvgIpc) is 2.98. The van der Waals surface area contributed by atoms with E-state index in [2.05, 4.69) is 30.1 Å². The molecule has 2 aliphatic rings. The van der Waals surface area contributed by atoms with Gasteiger partial charge in [-0.3, -0.25) is 4.90 Å². The predicted octanol–water partition coefficient (Wildman–Crippen LogP) is 2.79. The highest BCUT2D eigenvalue weighted by Gasteiger charge is 2.38. The van der Waals surface area contributed by atoms with Crippen molar-refractivity contribution in [2.24, 2.45) is 0 Å². The van der Waals surface area contributed by atoms with Crippen LogP contribution in [0.15, 0.2) is 34.5 Å². The van der Waals surface area contributed by atoms with Crippen molar-refractivity contribution in [3.8, 4) is 0 Å². The van der Waals surface area contributed by atoms with Crippen LogP contribution in [0.3, 0.4) is 0 Å². The fourth-order valence-electron chi connectivity index (χ4n) is 3.66. The molecule has 0 radical (unpaired) electrons. The Labute approximate surface area is 141 Å². The van der Waals surface area contributed by atoms with Gasteiger partial charge in [0.1, 0.15) is 4.21 Å². The molecule has 0 aliphatic carbocycles. The van der Waals surface area contributed by atoms with E-state index in [1.165, 1.54) is 22.5 Å². The first-order valence-electron chi connectivity index (χ1n) is 7.84. The van der Waals surface area contributed by atoms with Crippen LogP contribution in [0.1, 0.15) is 27.6 Å². The number of hydrogen-bond donors (Lipinski definition) is 0. The number of rotatable bonds is 2. The molecule has 2 aliphatic heterocycles. The van der Waals surface area contributed by atoms with Gasteiger partial charge in [-0.2, -0.15) is 4.31 Å². The summed E-state index contributed by atoms with van der Waals surface area (Å²) in [5.41, 5.74) is 3.90. The minimum absolute atomic E-state index is 0.166. The van der Waals surface area contributed by atoms with Gasteiger partial charge in [0.2, 0.25) is 0 Å². The fraction of sp³-hybridized carbons (Fsp3) is 0.412. The molecule has 1 unspecified atom stereocenters. The molecule has 122 valence electrons. The molecule has 0 saturated carbocycles. The lowest BCUT2D eigenvalue weighted by Crippen LogP contribution is -2.46. The maximum atomic E-state index is 13.0. The van der Waals surface area contributed by atoms with Crippen LogP contribution in [0.5, 0.6) is 0 Å². The quantitative estimate of drug-likeness (QED) is 0.838. The first-order chi connectivity index (χ1) is 11.0. The molecule has 0 N–H and O–H groups in total. The molecule has 3 heterocycles. The second kappa shape index (κ2) is 5.41. The number of thiophene rings is 1. The zero-order valence-electron chi connectivity index (χ0n) is 13.3. The largest absolute Gasteiger partial charge is 0.298 e. The van der Waals surface area contributed by atoms with Gasteiger partial charge in [-0.25, -0.2) is 8.42 Å². The molecule has 0 bridgehead atoms. The van der Waals surface area contributed by atoms with Crippen molar-refractivity contribution in [2.75, 3.05) is 20.1 Å². The Bertz CT molecular complexity index is 857. The molecule has 0 fully saturated rings. The van der Waals surface area contributed by atoms with E-state index >= 15 is 0 Å². The third-order valence-electron chi connectivity index (χ3n) is 4.92. The molecule has 1 atom stereocenters. The number of likely N-dealkylation sites (N-methyl/N-ethyl adjacent to an activating group) is 1. The zero-order chi connectivity index (χ0) is 16.2. The lowest BCUT2D eigenvalue weighted by atomic mass is 9.86. The van der Waals surface area contributed by atoms with Crippen LogP contribution in [0.25, 0.3) is 0 Å². The van der Waals surface area contributed by atoms with Crippen molar-refractivity contribution in [1.82, 2.24) is 9.21 Å². The van der Waals surface area contributed by atoms with Gasteiger partial charge in [0.25, 0.3) is 10.0 Å². The van der Waals surface area contributed by atoms with Gasteiger partial charge < -0.3 is 0 Å². The highest BCUT2D eigenvalue weighted by molar-refractivity contribution is 7.91. The fourth-order valence-corrected chi connectivity index (χ4v) is 6.52. The third-order valence-corrected chi connectivity index (χ3v) is 8.20. The summed E-state index contributed by atoms with van der Waals surface area (Å²) in [6.45, 7) is 3.94. The molecule has 1 aromatic heterocycles.